The van der Waals surface area contributed by atoms with Gasteiger partial charge in [0.05, 0.1) is 25.9 Å². The second kappa shape index (κ2) is 7.25. The van der Waals surface area contributed by atoms with Crippen LogP contribution in [0.4, 0.5) is 0 Å². The molecule has 0 aromatic heterocycles. The van der Waals surface area contributed by atoms with E-state index in [2.05, 4.69) is 4.18 Å². The second-order valence-corrected chi connectivity index (χ2v) is 5.72. The van der Waals surface area contributed by atoms with Gasteiger partial charge in [0.25, 0.3) is 10.1 Å². The Hall–Kier alpha value is -1.40. The summed E-state index contributed by atoms with van der Waals surface area (Å²) >= 11 is 0. The molecule has 0 aliphatic rings. The molecule has 19 heavy (non-hydrogen) atoms. The number of rotatable bonds is 7. The molecule has 0 unspecified atom stereocenters. The van der Waals surface area contributed by atoms with Crippen LogP contribution in [0.1, 0.15) is 18.1 Å². The fourth-order valence-electron chi connectivity index (χ4n) is 1.58. The summed E-state index contributed by atoms with van der Waals surface area (Å²) in [4.78, 5) is 11.3. The van der Waals surface area contributed by atoms with Gasteiger partial charge < -0.3 is 4.74 Å². The number of carbonyl (C=O) groups is 1. The van der Waals surface area contributed by atoms with E-state index in [1.807, 2.05) is 24.3 Å². The van der Waals surface area contributed by atoms with Gasteiger partial charge in [-0.15, -0.1) is 0 Å². The fraction of sp³-hybridized carbons (Fsp3) is 0.462. The lowest BCUT2D eigenvalue weighted by Crippen LogP contribution is -2.08. The molecule has 106 valence electrons. The van der Waals surface area contributed by atoms with Crippen molar-refractivity contribution in [3.05, 3.63) is 35.4 Å². The van der Waals surface area contributed by atoms with Crippen molar-refractivity contribution in [2.24, 2.45) is 0 Å². The maximum Gasteiger partial charge on any atom is 0.310 e. The summed E-state index contributed by atoms with van der Waals surface area (Å²) in [5.74, 6) is -0.271. The molecule has 0 saturated carbocycles. The minimum absolute atomic E-state index is 0.0989. The lowest BCUT2D eigenvalue weighted by atomic mass is 10.1. The highest BCUT2D eigenvalue weighted by Gasteiger charge is 2.06. The molecular weight excluding hydrogens is 268 g/mol. The number of hydrogen-bond acceptors (Lipinski definition) is 5. The topological polar surface area (TPSA) is 69.7 Å². The molecule has 0 aliphatic heterocycles. The molecule has 5 nitrogen and oxygen atoms in total. The first-order valence-corrected chi connectivity index (χ1v) is 7.80. The Balaban J connectivity index is 2.54. The Morgan fingerprint density at radius 1 is 1.26 bits per heavy atom. The molecule has 0 atom stereocenters. The molecule has 1 aromatic rings. The van der Waals surface area contributed by atoms with Gasteiger partial charge in [-0.25, -0.2) is 0 Å². The number of benzene rings is 1. The van der Waals surface area contributed by atoms with Crippen LogP contribution in [-0.2, 0) is 36.7 Å². The molecule has 0 aliphatic carbocycles. The van der Waals surface area contributed by atoms with Gasteiger partial charge in [0.2, 0.25) is 0 Å². The minimum Gasteiger partial charge on any atom is -0.466 e. The Bertz CT molecular complexity index is 522. The van der Waals surface area contributed by atoms with Crippen molar-refractivity contribution in [2.45, 2.75) is 19.8 Å². The Labute approximate surface area is 113 Å². The molecule has 0 fully saturated rings. The molecule has 0 radical (unpaired) electrons. The third-order valence-corrected chi connectivity index (χ3v) is 2.93. The van der Waals surface area contributed by atoms with Crippen LogP contribution in [0.25, 0.3) is 0 Å². The summed E-state index contributed by atoms with van der Waals surface area (Å²) in [7, 11) is -3.40. The van der Waals surface area contributed by atoms with Gasteiger partial charge in [0, 0.05) is 0 Å². The molecule has 0 amide bonds. The Morgan fingerprint density at radius 3 is 2.58 bits per heavy atom. The van der Waals surface area contributed by atoms with Crippen LogP contribution in [0.5, 0.6) is 0 Å². The smallest absolute Gasteiger partial charge is 0.310 e. The third-order valence-electron chi connectivity index (χ3n) is 2.33. The first-order valence-electron chi connectivity index (χ1n) is 5.98. The first kappa shape index (κ1) is 15.7. The summed E-state index contributed by atoms with van der Waals surface area (Å²) in [5.41, 5.74) is 1.76. The number of hydrogen-bond donors (Lipinski definition) is 0. The number of carbonyl (C=O) groups excluding carboxylic acids is 1. The molecule has 0 bridgehead atoms. The lowest BCUT2D eigenvalue weighted by Gasteiger charge is -2.05. The van der Waals surface area contributed by atoms with Crippen molar-refractivity contribution in [1.82, 2.24) is 0 Å². The van der Waals surface area contributed by atoms with Crippen LogP contribution >= 0.6 is 0 Å². The molecule has 0 spiro atoms. The van der Waals surface area contributed by atoms with Crippen molar-refractivity contribution in [2.75, 3.05) is 19.5 Å². The SMILES string of the molecule is CCOC(=O)Cc1cccc(CCOS(C)(=O)=O)c1. The van der Waals surface area contributed by atoms with Crippen LogP contribution in [0, 0.1) is 0 Å². The largest absolute Gasteiger partial charge is 0.466 e. The van der Waals surface area contributed by atoms with Gasteiger partial charge in [-0.1, -0.05) is 24.3 Å². The van der Waals surface area contributed by atoms with Crippen molar-refractivity contribution in [3.8, 4) is 0 Å². The van der Waals surface area contributed by atoms with E-state index in [1.165, 1.54) is 0 Å². The quantitative estimate of drug-likeness (QED) is 0.558. The zero-order chi connectivity index (χ0) is 14.3. The molecule has 1 rings (SSSR count). The first-order chi connectivity index (χ1) is 8.90. The van der Waals surface area contributed by atoms with Crippen LogP contribution in [0.3, 0.4) is 0 Å². The zero-order valence-corrected chi connectivity index (χ0v) is 11.9. The molecule has 0 heterocycles. The maximum atomic E-state index is 11.3. The van der Waals surface area contributed by atoms with E-state index in [0.717, 1.165) is 17.4 Å². The van der Waals surface area contributed by atoms with Crippen LogP contribution in [-0.4, -0.2) is 33.9 Å². The Kier molecular flexibility index (Phi) is 5.98. The number of ether oxygens (including phenoxy) is 1. The monoisotopic (exact) mass is 286 g/mol. The lowest BCUT2D eigenvalue weighted by molar-refractivity contribution is -0.142. The van der Waals surface area contributed by atoms with Gasteiger partial charge in [-0.05, 0) is 24.5 Å². The molecule has 1 aromatic carbocycles. The van der Waals surface area contributed by atoms with Crippen LogP contribution < -0.4 is 0 Å². The van der Waals surface area contributed by atoms with Crippen molar-refractivity contribution in [3.63, 3.8) is 0 Å². The summed E-state index contributed by atoms with van der Waals surface area (Å²) in [6.45, 7) is 2.22. The summed E-state index contributed by atoms with van der Waals surface area (Å²) < 4.78 is 31.2. The van der Waals surface area contributed by atoms with Gasteiger partial charge in [-0.2, -0.15) is 8.42 Å². The summed E-state index contributed by atoms with van der Waals surface area (Å²) in [5, 5.41) is 0. The van der Waals surface area contributed by atoms with Gasteiger partial charge in [0.1, 0.15) is 0 Å². The van der Waals surface area contributed by atoms with Gasteiger partial charge >= 0.3 is 5.97 Å². The van der Waals surface area contributed by atoms with E-state index in [1.54, 1.807) is 6.92 Å². The third kappa shape index (κ3) is 6.93. The predicted octanol–water partition coefficient (Wildman–Crippen LogP) is 1.31. The van der Waals surface area contributed by atoms with E-state index in [9.17, 15) is 13.2 Å². The average Bonchev–Trinajstić information content (AvgIpc) is 2.28. The maximum absolute atomic E-state index is 11.3. The molecule has 0 saturated heterocycles. The van der Waals surface area contributed by atoms with E-state index < -0.39 is 10.1 Å². The molecule has 0 N–H and O–H groups in total. The van der Waals surface area contributed by atoms with Gasteiger partial charge in [-0.3, -0.25) is 8.98 Å². The zero-order valence-electron chi connectivity index (χ0n) is 11.1. The van der Waals surface area contributed by atoms with E-state index >= 15 is 0 Å². The van der Waals surface area contributed by atoms with Crippen molar-refractivity contribution in [1.29, 1.82) is 0 Å². The predicted molar refractivity (Wildman–Crippen MR) is 71.3 cm³/mol. The van der Waals surface area contributed by atoms with Crippen molar-refractivity contribution < 1.29 is 22.1 Å². The summed E-state index contributed by atoms with van der Waals surface area (Å²) in [6.07, 6.45) is 1.71. The van der Waals surface area contributed by atoms with Gasteiger partial charge in [0.15, 0.2) is 0 Å². The van der Waals surface area contributed by atoms with E-state index in [4.69, 9.17) is 4.74 Å². The molecule has 6 heteroatoms. The highest BCUT2D eigenvalue weighted by Crippen LogP contribution is 2.08. The van der Waals surface area contributed by atoms with E-state index in [-0.39, 0.29) is 19.0 Å². The standard InChI is InChI=1S/C13H18O5S/c1-3-17-13(14)10-12-6-4-5-11(9-12)7-8-18-19(2,15)16/h4-6,9H,3,7-8,10H2,1-2H3. The van der Waals surface area contributed by atoms with Crippen LogP contribution in [0.2, 0.25) is 0 Å². The molecular formula is C13H18O5S. The summed E-state index contributed by atoms with van der Waals surface area (Å²) in [6, 6.07) is 7.37. The van der Waals surface area contributed by atoms with Crippen molar-refractivity contribution >= 4 is 16.1 Å². The van der Waals surface area contributed by atoms with E-state index in [0.29, 0.717) is 13.0 Å². The average molecular weight is 286 g/mol. The van der Waals surface area contributed by atoms with Crippen LogP contribution in [0.15, 0.2) is 24.3 Å². The minimum atomic E-state index is -3.40. The fourth-order valence-corrected chi connectivity index (χ4v) is 1.97. The Morgan fingerprint density at radius 2 is 1.95 bits per heavy atom. The second-order valence-electron chi connectivity index (χ2n) is 4.08. The normalized spacial score (nSPS) is 11.3. The highest BCUT2D eigenvalue weighted by atomic mass is 32.2. The number of esters is 1. The highest BCUT2D eigenvalue weighted by molar-refractivity contribution is 7.85.